The van der Waals surface area contributed by atoms with E-state index in [0.29, 0.717) is 0 Å². The molecule has 4 rings (SSSR count). The van der Waals surface area contributed by atoms with Gasteiger partial charge in [-0.15, -0.1) is 0 Å². The zero-order valence-electron chi connectivity index (χ0n) is 15.3. The number of rotatable bonds is 5. The fourth-order valence-corrected chi connectivity index (χ4v) is 3.70. The first kappa shape index (κ1) is 19.6. The number of hydrogen-bond donors (Lipinski definition) is 1. The Morgan fingerprint density at radius 2 is 1.70 bits per heavy atom. The van der Waals surface area contributed by atoms with Gasteiger partial charge in [0.2, 0.25) is 5.91 Å². The van der Waals surface area contributed by atoms with E-state index >= 15 is 0 Å². The molecule has 0 atom stereocenters. The molecule has 7 nitrogen and oxygen atoms in total. The Hall–Kier alpha value is -3.66. The SMILES string of the molecule is O=C(Cn1c(=O)n(Cc2ccccc2)c(=O)c2nscc21)Nc1c(F)cccc1F. The molecule has 0 unspecified atom stereocenters. The summed E-state index contributed by atoms with van der Waals surface area (Å²) in [5, 5.41) is 3.62. The number of benzene rings is 2. The van der Waals surface area contributed by atoms with E-state index in [1.54, 1.807) is 30.3 Å². The second-order valence-corrected chi connectivity index (χ2v) is 7.07. The summed E-state index contributed by atoms with van der Waals surface area (Å²) in [4.78, 5) is 38.2. The van der Waals surface area contributed by atoms with Crippen LogP contribution < -0.4 is 16.6 Å². The van der Waals surface area contributed by atoms with Crippen molar-refractivity contribution in [2.75, 3.05) is 5.32 Å². The highest BCUT2D eigenvalue weighted by Gasteiger charge is 2.19. The molecule has 2 heterocycles. The van der Waals surface area contributed by atoms with Gasteiger partial charge in [-0.05, 0) is 29.2 Å². The third-order valence-corrected chi connectivity index (χ3v) is 5.08. The van der Waals surface area contributed by atoms with Crippen LogP contribution in [0.2, 0.25) is 0 Å². The van der Waals surface area contributed by atoms with Gasteiger partial charge in [0.25, 0.3) is 5.56 Å². The maximum absolute atomic E-state index is 13.8. The smallest absolute Gasteiger partial charge is 0.320 e. The number of carbonyl (C=O) groups is 1. The molecule has 0 radical (unpaired) electrons. The molecule has 0 spiro atoms. The minimum atomic E-state index is -0.938. The molecule has 30 heavy (non-hydrogen) atoms. The molecule has 1 amide bonds. The fraction of sp³-hybridized carbons (Fsp3) is 0.100. The highest BCUT2D eigenvalue weighted by atomic mass is 32.1. The van der Waals surface area contributed by atoms with Gasteiger partial charge >= 0.3 is 5.69 Å². The molecule has 2 aromatic heterocycles. The summed E-state index contributed by atoms with van der Waals surface area (Å²) in [6, 6.07) is 12.1. The number of halogens is 2. The van der Waals surface area contributed by atoms with E-state index in [9.17, 15) is 23.2 Å². The van der Waals surface area contributed by atoms with Crippen molar-refractivity contribution in [1.29, 1.82) is 0 Å². The van der Waals surface area contributed by atoms with Crippen LogP contribution in [0, 0.1) is 11.6 Å². The van der Waals surface area contributed by atoms with Crippen molar-refractivity contribution in [3.05, 3.63) is 91.9 Å². The van der Waals surface area contributed by atoms with Gasteiger partial charge in [-0.25, -0.2) is 13.6 Å². The highest BCUT2D eigenvalue weighted by molar-refractivity contribution is 7.04. The van der Waals surface area contributed by atoms with Crippen molar-refractivity contribution in [2.45, 2.75) is 13.1 Å². The first-order valence-electron chi connectivity index (χ1n) is 8.81. The Morgan fingerprint density at radius 3 is 2.40 bits per heavy atom. The van der Waals surface area contributed by atoms with Crippen molar-refractivity contribution >= 4 is 34.2 Å². The normalized spacial score (nSPS) is 11.0. The molecule has 4 aromatic rings. The number of nitrogens with one attached hydrogen (secondary N) is 1. The van der Waals surface area contributed by atoms with E-state index in [0.717, 1.165) is 38.4 Å². The van der Waals surface area contributed by atoms with E-state index in [2.05, 4.69) is 9.69 Å². The van der Waals surface area contributed by atoms with Crippen molar-refractivity contribution in [1.82, 2.24) is 13.5 Å². The molecule has 0 saturated heterocycles. The van der Waals surface area contributed by atoms with Crippen LogP contribution in [0.4, 0.5) is 14.5 Å². The lowest BCUT2D eigenvalue weighted by molar-refractivity contribution is -0.116. The van der Waals surface area contributed by atoms with E-state index in [1.807, 2.05) is 0 Å². The number of para-hydroxylation sites is 1. The van der Waals surface area contributed by atoms with Gasteiger partial charge in [0.05, 0.1) is 12.1 Å². The quantitative estimate of drug-likeness (QED) is 0.530. The Kier molecular flexibility index (Phi) is 5.23. The molecule has 0 aliphatic rings. The fourth-order valence-electron chi connectivity index (χ4n) is 3.03. The minimum Gasteiger partial charge on any atom is -0.320 e. The van der Waals surface area contributed by atoms with E-state index < -0.39 is 41.0 Å². The predicted octanol–water partition coefficient (Wildman–Crippen LogP) is 2.58. The molecule has 1 N–H and O–H groups in total. The first-order chi connectivity index (χ1) is 14.5. The highest BCUT2D eigenvalue weighted by Crippen LogP contribution is 2.18. The number of nitrogens with zero attached hydrogens (tertiary/aromatic N) is 3. The minimum absolute atomic E-state index is 0.00443. The molecule has 0 aliphatic heterocycles. The molecule has 152 valence electrons. The van der Waals surface area contributed by atoms with Crippen LogP contribution in [-0.2, 0) is 17.9 Å². The van der Waals surface area contributed by atoms with Gasteiger partial charge in [-0.1, -0.05) is 36.4 Å². The molecule has 2 aromatic carbocycles. The summed E-state index contributed by atoms with van der Waals surface area (Å²) >= 11 is 0.966. The van der Waals surface area contributed by atoms with Crippen molar-refractivity contribution in [3.63, 3.8) is 0 Å². The number of fused-ring (bicyclic) bond motifs is 1. The van der Waals surface area contributed by atoms with Crippen molar-refractivity contribution in [3.8, 4) is 0 Å². The average molecular weight is 428 g/mol. The van der Waals surface area contributed by atoms with E-state index in [1.165, 1.54) is 11.4 Å². The van der Waals surface area contributed by atoms with Crippen LogP contribution in [0.25, 0.3) is 11.0 Å². The van der Waals surface area contributed by atoms with E-state index in [-0.39, 0.29) is 17.6 Å². The van der Waals surface area contributed by atoms with Gasteiger partial charge in [0.1, 0.15) is 23.9 Å². The molecule has 0 aliphatic carbocycles. The number of carbonyl (C=O) groups excluding carboxylic acids is 1. The average Bonchev–Trinajstić information content (AvgIpc) is 3.22. The number of amides is 1. The number of anilines is 1. The van der Waals surface area contributed by atoms with Gasteiger partial charge in [-0.2, -0.15) is 4.37 Å². The lowest BCUT2D eigenvalue weighted by Crippen LogP contribution is -2.42. The molecule has 0 fully saturated rings. The van der Waals surface area contributed by atoms with Crippen molar-refractivity contribution < 1.29 is 13.6 Å². The summed E-state index contributed by atoms with van der Waals surface area (Å²) in [6.45, 7) is -0.549. The Labute approximate surface area is 172 Å². The molecule has 0 saturated carbocycles. The van der Waals surface area contributed by atoms with Crippen LogP contribution in [0.1, 0.15) is 5.56 Å². The topological polar surface area (TPSA) is 86.0 Å². The predicted molar refractivity (Wildman–Crippen MR) is 109 cm³/mol. The van der Waals surface area contributed by atoms with Gasteiger partial charge in [0, 0.05) is 5.38 Å². The second kappa shape index (κ2) is 7.99. The van der Waals surface area contributed by atoms with Crippen molar-refractivity contribution in [2.24, 2.45) is 0 Å². The number of hydrogen-bond acceptors (Lipinski definition) is 5. The summed E-state index contributed by atoms with van der Waals surface area (Å²) in [7, 11) is 0. The third kappa shape index (κ3) is 3.64. The molecule has 0 bridgehead atoms. The Balaban J connectivity index is 1.73. The van der Waals surface area contributed by atoms with Gasteiger partial charge in [0.15, 0.2) is 5.52 Å². The largest absolute Gasteiger partial charge is 0.332 e. The zero-order chi connectivity index (χ0) is 21.3. The second-order valence-electron chi connectivity index (χ2n) is 6.44. The zero-order valence-corrected chi connectivity index (χ0v) is 16.2. The van der Waals surface area contributed by atoms with Crippen LogP contribution in [0.3, 0.4) is 0 Å². The lowest BCUT2D eigenvalue weighted by Gasteiger charge is -2.12. The molecular formula is C20H14F2N4O3S. The van der Waals surface area contributed by atoms with E-state index in [4.69, 9.17) is 0 Å². The third-order valence-electron chi connectivity index (χ3n) is 4.46. The number of aromatic nitrogens is 3. The standard InChI is InChI=1S/C20H14F2N4O3S/c21-13-7-4-8-14(22)17(13)23-16(27)10-25-15-11-30-24-18(15)19(28)26(20(25)29)9-12-5-2-1-3-6-12/h1-8,11H,9-10H2,(H,23,27). The van der Waals surface area contributed by atoms with Crippen LogP contribution in [0.5, 0.6) is 0 Å². The van der Waals surface area contributed by atoms with Gasteiger partial charge < -0.3 is 5.32 Å². The summed E-state index contributed by atoms with van der Waals surface area (Å²) in [5.41, 5.74) is -0.954. The first-order valence-corrected chi connectivity index (χ1v) is 9.65. The lowest BCUT2D eigenvalue weighted by atomic mass is 10.2. The summed E-state index contributed by atoms with van der Waals surface area (Å²) < 4.78 is 33.7. The Morgan fingerprint density at radius 1 is 1.00 bits per heavy atom. The Bertz CT molecular complexity index is 1340. The summed E-state index contributed by atoms with van der Waals surface area (Å²) in [6.07, 6.45) is 0. The monoisotopic (exact) mass is 428 g/mol. The maximum atomic E-state index is 13.8. The van der Waals surface area contributed by atoms with Crippen LogP contribution in [0.15, 0.2) is 63.5 Å². The molecule has 10 heteroatoms. The van der Waals surface area contributed by atoms with Crippen LogP contribution >= 0.6 is 11.5 Å². The maximum Gasteiger partial charge on any atom is 0.332 e. The molecular weight excluding hydrogens is 414 g/mol. The van der Waals surface area contributed by atoms with Gasteiger partial charge in [-0.3, -0.25) is 18.7 Å². The van der Waals surface area contributed by atoms with Crippen LogP contribution in [-0.4, -0.2) is 19.4 Å². The summed E-state index contributed by atoms with van der Waals surface area (Å²) in [5.74, 6) is -2.70.